The summed E-state index contributed by atoms with van der Waals surface area (Å²) in [6, 6.07) is 0.0475. The Balaban J connectivity index is 1.43. The maximum atomic E-state index is 12.5. The summed E-state index contributed by atoms with van der Waals surface area (Å²) in [6.07, 6.45) is 9.89. The van der Waals surface area contributed by atoms with Crippen molar-refractivity contribution in [2.24, 2.45) is 5.41 Å². The number of carbonyl (C=O) groups is 1. The summed E-state index contributed by atoms with van der Waals surface area (Å²) in [5.74, 6) is 0.198. The van der Waals surface area contributed by atoms with E-state index in [1.165, 1.54) is 12.8 Å². The Hall–Kier alpha value is -1.40. The van der Waals surface area contributed by atoms with Crippen LogP contribution in [0.3, 0.4) is 0 Å². The zero-order valence-corrected chi connectivity index (χ0v) is 13.4. The molecule has 1 amide bonds. The number of nitrogens with one attached hydrogen (secondary N) is 2. The number of likely N-dealkylation sites (tertiary alicyclic amines) is 1. The van der Waals surface area contributed by atoms with Crippen LogP contribution in [0.5, 0.6) is 0 Å². The lowest BCUT2D eigenvalue weighted by Gasteiger charge is -2.33. The van der Waals surface area contributed by atoms with Gasteiger partial charge in [0.25, 0.3) is 0 Å². The molecule has 3 rings (SSSR count). The van der Waals surface area contributed by atoms with Crippen molar-refractivity contribution in [2.75, 3.05) is 33.2 Å². The molecule has 122 valence electrons. The molecule has 2 N–H and O–H groups in total. The molecule has 1 atom stereocenters. The van der Waals surface area contributed by atoms with Gasteiger partial charge in [-0.1, -0.05) is 0 Å². The van der Waals surface area contributed by atoms with E-state index in [9.17, 15) is 4.79 Å². The third-order valence-electron chi connectivity index (χ3n) is 5.16. The lowest BCUT2D eigenvalue weighted by molar-refractivity contribution is -0.125. The first-order valence-corrected chi connectivity index (χ1v) is 8.33. The summed E-state index contributed by atoms with van der Waals surface area (Å²) in [4.78, 5) is 18.7. The van der Waals surface area contributed by atoms with Gasteiger partial charge in [-0.15, -0.1) is 0 Å². The van der Waals surface area contributed by atoms with Crippen molar-refractivity contribution in [3.63, 3.8) is 0 Å². The molecule has 1 spiro atoms. The summed E-state index contributed by atoms with van der Waals surface area (Å²) in [5, 5.41) is 6.53. The highest BCUT2D eigenvalue weighted by Crippen LogP contribution is 2.41. The van der Waals surface area contributed by atoms with Crippen LogP contribution in [0.1, 0.15) is 25.7 Å². The first kappa shape index (κ1) is 15.5. The van der Waals surface area contributed by atoms with Crippen LogP contribution in [-0.4, -0.2) is 59.6 Å². The van der Waals surface area contributed by atoms with Crippen LogP contribution < -0.4 is 10.6 Å². The predicted octanol–water partition coefficient (Wildman–Crippen LogP) is 0.463. The molecule has 0 radical (unpaired) electrons. The summed E-state index contributed by atoms with van der Waals surface area (Å²) in [7, 11) is 2.09. The van der Waals surface area contributed by atoms with Gasteiger partial charge >= 0.3 is 0 Å². The van der Waals surface area contributed by atoms with Crippen molar-refractivity contribution in [3.8, 4) is 0 Å². The number of nitrogens with zero attached hydrogens (tertiary/aromatic N) is 3. The molecule has 2 saturated heterocycles. The van der Waals surface area contributed by atoms with Gasteiger partial charge in [0.15, 0.2) is 0 Å². The minimum atomic E-state index is 0.0475. The number of rotatable bonds is 5. The molecule has 1 aromatic heterocycles. The summed E-state index contributed by atoms with van der Waals surface area (Å²) >= 11 is 0. The molecular weight excluding hydrogens is 278 g/mol. The topological polar surface area (TPSA) is 62.2 Å². The number of piperidine rings is 1. The summed E-state index contributed by atoms with van der Waals surface area (Å²) < 4.78 is 2.04. The number of amides is 1. The van der Waals surface area contributed by atoms with E-state index >= 15 is 0 Å². The number of aromatic nitrogens is 2. The van der Waals surface area contributed by atoms with Crippen molar-refractivity contribution < 1.29 is 4.79 Å². The molecule has 1 aromatic rings. The molecule has 6 nitrogen and oxygen atoms in total. The van der Waals surface area contributed by atoms with Crippen molar-refractivity contribution in [1.82, 2.24) is 25.1 Å². The lowest BCUT2D eigenvalue weighted by Crippen LogP contribution is -2.41. The minimum absolute atomic E-state index is 0.0475. The highest BCUT2D eigenvalue weighted by atomic mass is 16.2. The SMILES string of the molecule is CN1CC2(CCNCC2)CC1C(=O)NCCCn1ccnc1. The first-order chi connectivity index (χ1) is 10.7. The van der Waals surface area contributed by atoms with E-state index in [1.54, 1.807) is 6.20 Å². The molecule has 2 aliphatic heterocycles. The number of hydrogen-bond donors (Lipinski definition) is 2. The molecule has 6 heteroatoms. The van der Waals surface area contributed by atoms with E-state index in [4.69, 9.17) is 0 Å². The fraction of sp³-hybridized carbons (Fsp3) is 0.750. The Bertz CT molecular complexity index is 481. The zero-order valence-electron chi connectivity index (χ0n) is 13.4. The molecule has 2 aliphatic rings. The fourth-order valence-electron chi connectivity index (χ4n) is 3.89. The van der Waals surface area contributed by atoms with Crippen LogP contribution in [0, 0.1) is 5.41 Å². The van der Waals surface area contributed by atoms with E-state index in [2.05, 4.69) is 27.6 Å². The minimum Gasteiger partial charge on any atom is -0.355 e. The maximum absolute atomic E-state index is 12.5. The van der Waals surface area contributed by atoms with E-state index in [0.29, 0.717) is 5.41 Å². The second kappa shape index (κ2) is 6.79. The number of aryl methyl sites for hydroxylation is 1. The number of likely N-dealkylation sites (N-methyl/N-ethyl adjacent to an activating group) is 1. The Morgan fingerprint density at radius 2 is 2.27 bits per heavy atom. The Labute approximate surface area is 132 Å². The molecule has 22 heavy (non-hydrogen) atoms. The molecule has 3 heterocycles. The van der Waals surface area contributed by atoms with Gasteiger partial charge in [0.05, 0.1) is 12.4 Å². The van der Waals surface area contributed by atoms with Crippen molar-refractivity contribution >= 4 is 5.91 Å². The van der Waals surface area contributed by atoms with Gasteiger partial charge in [-0.2, -0.15) is 0 Å². The smallest absolute Gasteiger partial charge is 0.237 e. The monoisotopic (exact) mass is 305 g/mol. The maximum Gasteiger partial charge on any atom is 0.237 e. The Morgan fingerprint density at radius 1 is 1.45 bits per heavy atom. The highest BCUT2D eigenvalue weighted by Gasteiger charge is 2.45. The van der Waals surface area contributed by atoms with Gasteiger partial charge in [-0.3, -0.25) is 9.69 Å². The second-order valence-electron chi connectivity index (χ2n) is 6.83. The second-order valence-corrected chi connectivity index (χ2v) is 6.83. The average Bonchev–Trinajstić information content (AvgIpc) is 3.13. The Morgan fingerprint density at radius 3 is 3.00 bits per heavy atom. The van der Waals surface area contributed by atoms with Gasteiger partial charge < -0.3 is 15.2 Å². The fourth-order valence-corrected chi connectivity index (χ4v) is 3.89. The third-order valence-corrected chi connectivity index (χ3v) is 5.16. The largest absolute Gasteiger partial charge is 0.355 e. The predicted molar refractivity (Wildman–Crippen MR) is 85.4 cm³/mol. The standard InChI is InChI=1S/C16H27N5O/c1-20-12-16(3-6-17-7-4-16)11-14(20)15(22)19-5-2-9-21-10-8-18-13-21/h8,10,13-14,17H,2-7,9,11-12H2,1H3,(H,19,22). The van der Waals surface area contributed by atoms with Crippen LogP contribution in [-0.2, 0) is 11.3 Å². The van der Waals surface area contributed by atoms with Crippen LogP contribution in [0.4, 0.5) is 0 Å². The van der Waals surface area contributed by atoms with Gasteiger partial charge in [-0.05, 0) is 51.2 Å². The number of hydrogen-bond acceptors (Lipinski definition) is 4. The normalized spacial score (nSPS) is 24.7. The first-order valence-electron chi connectivity index (χ1n) is 8.33. The van der Waals surface area contributed by atoms with E-state index < -0.39 is 0 Å². The molecule has 0 aromatic carbocycles. The van der Waals surface area contributed by atoms with Gasteiger partial charge in [0, 0.05) is 32.0 Å². The lowest BCUT2D eigenvalue weighted by atomic mass is 9.77. The highest BCUT2D eigenvalue weighted by molar-refractivity contribution is 5.82. The van der Waals surface area contributed by atoms with Gasteiger partial charge in [-0.25, -0.2) is 4.98 Å². The van der Waals surface area contributed by atoms with Crippen LogP contribution >= 0.6 is 0 Å². The molecule has 1 unspecified atom stereocenters. The van der Waals surface area contributed by atoms with Crippen LogP contribution in [0.25, 0.3) is 0 Å². The van der Waals surface area contributed by atoms with E-state index in [0.717, 1.165) is 45.6 Å². The van der Waals surface area contributed by atoms with Gasteiger partial charge in [0.2, 0.25) is 5.91 Å². The van der Waals surface area contributed by atoms with Crippen molar-refractivity contribution in [2.45, 2.75) is 38.3 Å². The van der Waals surface area contributed by atoms with Crippen molar-refractivity contribution in [3.05, 3.63) is 18.7 Å². The number of carbonyl (C=O) groups excluding carboxylic acids is 1. The molecule has 0 aliphatic carbocycles. The summed E-state index contributed by atoms with van der Waals surface area (Å²) in [5.41, 5.74) is 0.360. The quantitative estimate of drug-likeness (QED) is 0.776. The van der Waals surface area contributed by atoms with E-state index in [1.807, 2.05) is 17.1 Å². The van der Waals surface area contributed by atoms with Crippen molar-refractivity contribution in [1.29, 1.82) is 0 Å². The molecular formula is C16H27N5O. The van der Waals surface area contributed by atoms with E-state index in [-0.39, 0.29) is 11.9 Å². The molecule has 0 bridgehead atoms. The zero-order chi connectivity index (χ0) is 15.4. The van der Waals surface area contributed by atoms with Crippen LogP contribution in [0.2, 0.25) is 0 Å². The average molecular weight is 305 g/mol. The van der Waals surface area contributed by atoms with Gasteiger partial charge in [0.1, 0.15) is 0 Å². The molecule has 2 fully saturated rings. The Kier molecular flexibility index (Phi) is 4.78. The molecule has 0 saturated carbocycles. The third kappa shape index (κ3) is 3.50. The number of imidazole rings is 1. The summed E-state index contributed by atoms with van der Waals surface area (Å²) in [6.45, 7) is 4.87. The van der Waals surface area contributed by atoms with Crippen LogP contribution in [0.15, 0.2) is 18.7 Å².